The molecule has 1 heterocycles. The number of rotatable bonds is 6. The molecule has 0 saturated carbocycles. The summed E-state index contributed by atoms with van der Waals surface area (Å²) in [7, 11) is 0. The molecule has 6 heteroatoms. The highest BCUT2D eigenvalue weighted by Gasteiger charge is 2.24. The molecule has 0 atom stereocenters. The smallest absolute Gasteiger partial charge is 0.410 e. The summed E-state index contributed by atoms with van der Waals surface area (Å²) < 4.78 is 5.22. The number of carbonyl (C=O) groups is 2. The first-order valence-electron chi connectivity index (χ1n) is 8.90. The maximum absolute atomic E-state index is 12.0. The standard InChI is InChI=1S/C19H27ClN2O3/c1-14(2)25-19(24)22-10-8-15(9-11-22)6-7-18(23)21-13-16-4-3-5-17(20)12-16/h3-5,12,14-15H,6-11,13H2,1-2H3,(H,21,23). The quantitative estimate of drug-likeness (QED) is 0.828. The lowest BCUT2D eigenvalue weighted by Gasteiger charge is -2.31. The molecule has 0 aromatic heterocycles. The number of halogens is 1. The van der Waals surface area contributed by atoms with Crippen LogP contribution in [-0.4, -0.2) is 36.1 Å². The zero-order valence-corrected chi connectivity index (χ0v) is 15.7. The summed E-state index contributed by atoms with van der Waals surface area (Å²) in [6.45, 7) is 5.62. The van der Waals surface area contributed by atoms with Gasteiger partial charge in [0.1, 0.15) is 0 Å². The van der Waals surface area contributed by atoms with Crippen molar-refractivity contribution in [3.05, 3.63) is 34.9 Å². The Bertz CT molecular complexity index is 584. The van der Waals surface area contributed by atoms with Crippen LogP contribution in [0, 0.1) is 5.92 Å². The highest BCUT2D eigenvalue weighted by Crippen LogP contribution is 2.22. The topological polar surface area (TPSA) is 58.6 Å². The normalized spacial score (nSPS) is 15.3. The van der Waals surface area contributed by atoms with Gasteiger partial charge in [0.05, 0.1) is 6.10 Å². The van der Waals surface area contributed by atoms with Crippen molar-refractivity contribution < 1.29 is 14.3 Å². The maximum Gasteiger partial charge on any atom is 0.410 e. The van der Waals surface area contributed by atoms with Gasteiger partial charge in [0.25, 0.3) is 0 Å². The first-order valence-corrected chi connectivity index (χ1v) is 9.28. The van der Waals surface area contributed by atoms with Crippen molar-refractivity contribution in [3.63, 3.8) is 0 Å². The van der Waals surface area contributed by atoms with Gasteiger partial charge in [-0.1, -0.05) is 23.7 Å². The van der Waals surface area contributed by atoms with Gasteiger partial charge in [0.2, 0.25) is 5.91 Å². The Hall–Kier alpha value is -1.75. The third-order valence-corrected chi connectivity index (χ3v) is 4.60. The Morgan fingerprint density at radius 1 is 1.32 bits per heavy atom. The van der Waals surface area contributed by atoms with E-state index in [0.29, 0.717) is 37.0 Å². The molecule has 1 fully saturated rings. The molecule has 2 rings (SSSR count). The fourth-order valence-electron chi connectivity index (χ4n) is 2.95. The average Bonchev–Trinajstić information content (AvgIpc) is 2.58. The summed E-state index contributed by atoms with van der Waals surface area (Å²) in [5, 5.41) is 3.61. The molecule has 1 aromatic carbocycles. The van der Waals surface area contributed by atoms with E-state index < -0.39 is 0 Å². The SMILES string of the molecule is CC(C)OC(=O)N1CCC(CCC(=O)NCc2cccc(Cl)c2)CC1. The zero-order chi connectivity index (χ0) is 18.2. The molecule has 0 bridgehead atoms. The summed E-state index contributed by atoms with van der Waals surface area (Å²) in [6.07, 6.45) is 2.90. The highest BCUT2D eigenvalue weighted by atomic mass is 35.5. The third-order valence-electron chi connectivity index (χ3n) is 4.37. The lowest BCUT2D eigenvalue weighted by Crippen LogP contribution is -2.39. The van der Waals surface area contributed by atoms with Gasteiger partial charge in [0, 0.05) is 31.1 Å². The molecular weight excluding hydrogens is 340 g/mol. The lowest BCUT2D eigenvalue weighted by atomic mass is 9.92. The Kier molecular flexibility index (Phi) is 7.56. The molecule has 0 aliphatic carbocycles. The molecule has 25 heavy (non-hydrogen) atoms. The fourth-order valence-corrected chi connectivity index (χ4v) is 3.16. The molecule has 1 aliphatic rings. The van der Waals surface area contributed by atoms with Gasteiger partial charge in [-0.25, -0.2) is 4.79 Å². The van der Waals surface area contributed by atoms with E-state index in [2.05, 4.69) is 5.32 Å². The van der Waals surface area contributed by atoms with E-state index in [1.807, 2.05) is 38.1 Å². The van der Waals surface area contributed by atoms with E-state index in [4.69, 9.17) is 16.3 Å². The number of nitrogens with one attached hydrogen (secondary N) is 1. The number of likely N-dealkylation sites (tertiary alicyclic amines) is 1. The van der Waals surface area contributed by atoms with E-state index in [0.717, 1.165) is 24.8 Å². The van der Waals surface area contributed by atoms with Crippen LogP contribution in [0.25, 0.3) is 0 Å². The number of hydrogen-bond acceptors (Lipinski definition) is 3. The van der Waals surface area contributed by atoms with Crippen LogP contribution >= 0.6 is 11.6 Å². The fraction of sp³-hybridized carbons (Fsp3) is 0.579. The van der Waals surface area contributed by atoms with Crippen LogP contribution in [0.5, 0.6) is 0 Å². The predicted molar refractivity (Wildman–Crippen MR) is 98.4 cm³/mol. The lowest BCUT2D eigenvalue weighted by molar-refractivity contribution is -0.121. The molecule has 1 N–H and O–H groups in total. The number of hydrogen-bond donors (Lipinski definition) is 1. The summed E-state index contributed by atoms with van der Waals surface area (Å²) in [4.78, 5) is 25.6. The van der Waals surface area contributed by atoms with Crippen molar-refractivity contribution in [2.45, 2.75) is 52.2 Å². The molecule has 0 spiro atoms. The van der Waals surface area contributed by atoms with E-state index in [1.54, 1.807) is 4.90 Å². The van der Waals surface area contributed by atoms with Gasteiger partial charge >= 0.3 is 6.09 Å². The van der Waals surface area contributed by atoms with Crippen LogP contribution in [0.15, 0.2) is 24.3 Å². The molecule has 1 saturated heterocycles. The van der Waals surface area contributed by atoms with Gasteiger partial charge in [0.15, 0.2) is 0 Å². The monoisotopic (exact) mass is 366 g/mol. The Morgan fingerprint density at radius 2 is 2.04 bits per heavy atom. The molecule has 0 unspecified atom stereocenters. The first-order chi connectivity index (χ1) is 11.9. The summed E-state index contributed by atoms with van der Waals surface area (Å²) in [5.41, 5.74) is 0.998. The summed E-state index contributed by atoms with van der Waals surface area (Å²) >= 11 is 5.94. The molecule has 1 aliphatic heterocycles. The van der Waals surface area contributed by atoms with Crippen molar-refractivity contribution in [1.82, 2.24) is 10.2 Å². The molecule has 0 radical (unpaired) electrons. The first kappa shape index (κ1) is 19.6. The van der Waals surface area contributed by atoms with Crippen molar-refractivity contribution >= 4 is 23.6 Å². The molecule has 138 valence electrons. The Balaban J connectivity index is 1.63. The van der Waals surface area contributed by atoms with Crippen LogP contribution in [0.2, 0.25) is 5.02 Å². The minimum atomic E-state index is -0.229. The maximum atomic E-state index is 12.0. The Labute approximate surface area is 154 Å². The number of benzene rings is 1. The van der Waals surface area contributed by atoms with Crippen LogP contribution in [0.4, 0.5) is 4.79 Å². The number of ether oxygens (including phenoxy) is 1. The van der Waals surface area contributed by atoms with E-state index in [-0.39, 0.29) is 18.1 Å². The number of nitrogens with zero attached hydrogens (tertiary/aromatic N) is 1. The van der Waals surface area contributed by atoms with Gasteiger partial charge in [-0.3, -0.25) is 4.79 Å². The van der Waals surface area contributed by atoms with Crippen LogP contribution < -0.4 is 5.32 Å². The van der Waals surface area contributed by atoms with Gasteiger partial charge in [-0.2, -0.15) is 0 Å². The Morgan fingerprint density at radius 3 is 2.68 bits per heavy atom. The second kappa shape index (κ2) is 9.66. The van der Waals surface area contributed by atoms with Crippen molar-refractivity contribution in [2.24, 2.45) is 5.92 Å². The van der Waals surface area contributed by atoms with Crippen molar-refractivity contribution in [1.29, 1.82) is 0 Å². The van der Waals surface area contributed by atoms with Gasteiger partial charge in [-0.05, 0) is 56.7 Å². The molecular formula is C19H27ClN2O3. The van der Waals surface area contributed by atoms with Crippen molar-refractivity contribution in [2.75, 3.05) is 13.1 Å². The second-order valence-corrected chi connectivity index (χ2v) is 7.24. The zero-order valence-electron chi connectivity index (χ0n) is 15.0. The largest absolute Gasteiger partial charge is 0.447 e. The van der Waals surface area contributed by atoms with E-state index in [1.165, 1.54) is 0 Å². The molecule has 1 aromatic rings. The third kappa shape index (κ3) is 6.94. The predicted octanol–water partition coefficient (Wildman–Crippen LogP) is 3.99. The van der Waals surface area contributed by atoms with Crippen LogP contribution in [-0.2, 0) is 16.1 Å². The van der Waals surface area contributed by atoms with Gasteiger partial charge in [-0.15, -0.1) is 0 Å². The summed E-state index contributed by atoms with van der Waals surface area (Å²) in [5.74, 6) is 0.543. The number of amides is 2. The van der Waals surface area contributed by atoms with Crippen molar-refractivity contribution in [3.8, 4) is 0 Å². The van der Waals surface area contributed by atoms with E-state index in [9.17, 15) is 9.59 Å². The number of piperidine rings is 1. The second-order valence-electron chi connectivity index (χ2n) is 6.81. The highest BCUT2D eigenvalue weighted by molar-refractivity contribution is 6.30. The molecule has 5 nitrogen and oxygen atoms in total. The summed E-state index contributed by atoms with van der Waals surface area (Å²) in [6, 6.07) is 7.49. The number of carbonyl (C=O) groups excluding carboxylic acids is 2. The van der Waals surface area contributed by atoms with Gasteiger partial charge < -0.3 is 15.0 Å². The van der Waals surface area contributed by atoms with Crippen LogP contribution in [0.3, 0.4) is 0 Å². The van der Waals surface area contributed by atoms with Crippen LogP contribution in [0.1, 0.15) is 45.1 Å². The van der Waals surface area contributed by atoms with E-state index >= 15 is 0 Å². The minimum absolute atomic E-state index is 0.0571. The minimum Gasteiger partial charge on any atom is -0.447 e. The molecule has 2 amide bonds. The average molecular weight is 367 g/mol.